The summed E-state index contributed by atoms with van der Waals surface area (Å²) in [5, 5.41) is 1.28. The molecule has 0 atom stereocenters. The molecule has 0 fully saturated rings. The van der Waals surface area contributed by atoms with Crippen molar-refractivity contribution >= 4 is 10.9 Å². The van der Waals surface area contributed by atoms with Crippen LogP contribution in [0.3, 0.4) is 0 Å². The third-order valence-electron chi connectivity index (χ3n) is 2.38. The minimum atomic E-state index is 0.504. The molecule has 0 aliphatic heterocycles. The standard InChI is InChI=1S/C11H14N2/c1-8(2)10-6-9-4-5-13(3)11(9)7-12-10/h4-8H,1-3H3. The Morgan fingerprint density at radius 3 is 2.85 bits per heavy atom. The lowest BCUT2D eigenvalue weighted by molar-refractivity contribution is 0.824. The van der Waals surface area contributed by atoms with E-state index in [4.69, 9.17) is 0 Å². The topological polar surface area (TPSA) is 17.8 Å². The molecule has 2 heteroatoms. The fraction of sp³-hybridized carbons (Fsp3) is 0.364. The van der Waals surface area contributed by atoms with Crippen molar-refractivity contribution in [3.63, 3.8) is 0 Å². The first-order valence-electron chi connectivity index (χ1n) is 4.59. The minimum absolute atomic E-state index is 0.504. The second-order valence-electron chi connectivity index (χ2n) is 3.75. The lowest BCUT2D eigenvalue weighted by Gasteiger charge is -2.03. The van der Waals surface area contributed by atoms with Crippen LogP contribution < -0.4 is 0 Å². The third-order valence-corrected chi connectivity index (χ3v) is 2.38. The van der Waals surface area contributed by atoms with Gasteiger partial charge in [0, 0.05) is 24.3 Å². The van der Waals surface area contributed by atoms with Gasteiger partial charge in [0.2, 0.25) is 0 Å². The van der Waals surface area contributed by atoms with Crippen LogP contribution in [0.15, 0.2) is 24.5 Å². The molecule has 0 amide bonds. The average molecular weight is 174 g/mol. The predicted octanol–water partition coefficient (Wildman–Crippen LogP) is 2.70. The molecular weight excluding hydrogens is 160 g/mol. The summed E-state index contributed by atoms with van der Waals surface area (Å²) in [6.07, 6.45) is 4.01. The second-order valence-corrected chi connectivity index (χ2v) is 3.75. The van der Waals surface area contributed by atoms with Gasteiger partial charge in [-0.15, -0.1) is 0 Å². The molecule has 2 heterocycles. The first-order valence-corrected chi connectivity index (χ1v) is 4.59. The molecule has 2 aromatic rings. The molecule has 0 spiro atoms. The fourth-order valence-corrected chi connectivity index (χ4v) is 1.50. The Hall–Kier alpha value is -1.31. The molecule has 0 saturated carbocycles. The summed E-state index contributed by atoms with van der Waals surface area (Å²) in [5.41, 5.74) is 2.36. The number of nitrogens with zero attached hydrogens (tertiary/aromatic N) is 2. The van der Waals surface area contributed by atoms with Crippen molar-refractivity contribution in [3.05, 3.63) is 30.2 Å². The van der Waals surface area contributed by atoms with Crippen LogP contribution in [0.4, 0.5) is 0 Å². The lowest BCUT2D eigenvalue weighted by atomic mass is 10.1. The van der Waals surface area contributed by atoms with Crippen LogP contribution >= 0.6 is 0 Å². The lowest BCUT2D eigenvalue weighted by Crippen LogP contribution is -1.92. The Labute approximate surface area is 78.2 Å². The van der Waals surface area contributed by atoms with Crippen LogP contribution in [0.2, 0.25) is 0 Å². The number of pyridine rings is 1. The van der Waals surface area contributed by atoms with Gasteiger partial charge in [0.25, 0.3) is 0 Å². The van der Waals surface area contributed by atoms with E-state index in [0.717, 1.165) is 0 Å². The zero-order valence-electron chi connectivity index (χ0n) is 8.28. The molecule has 68 valence electrons. The van der Waals surface area contributed by atoms with Crippen LogP contribution in [0.1, 0.15) is 25.5 Å². The van der Waals surface area contributed by atoms with E-state index in [9.17, 15) is 0 Å². The highest BCUT2D eigenvalue weighted by Crippen LogP contribution is 2.18. The van der Waals surface area contributed by atoms with E-state index in [2.05, 4.69) is 41.7 Å². The molecule has 13 heavy (non-hydrogen) atoms. The van der Waals surface area contributed by atoms with E-state index >= 15 is 0 Å². The van der Waals surface area contributed by atoms with Crippen molar-refractivity contribution in [2.24, 2.45) is 7.05 Å². The maximum Gasteiger partial charge on any atom is 0.0664 e. The molecule has 0 aromatic carbocycles. The van der Waals surface area contributed by atoms with Gasteiger partial charge in [-0.3, -0.25) is 4.98 Å². The average Bonchev–Trinajstić information content (AvgIpc) is 2.47. The van der Waals surface area contributed by atoms with Gasteiger partial charge in [-0.25, -0.2) is 0 Å². The summed E-state index contributed by atoms with van der Waals surface area (Å²) in [4.78, 5) is 4.42. The SMILES string of the molecule is CC(C)c1cc2ccn(C)c2cn1. The highest BCUT2D eigenvalue weighted by atomic mass is 14.9. The normalized spacial score (nSPS) is 11.4. The van der Waals surface area contributed by atoms with Gasteiger partial charge in [0.1, 0.15) is 0 Å². The number of aryl methyl sites for hydroxylation is 1. The Morgan fingerprint density at radius 1 is 1.38 bits per heavy atom. The summed E-state index contributed by atoms with van der Waals surface area (Å²) in [6.45, 7) is 4.33. The molecular formula is C11H14N2. The minimum Gasteiger partial charge on any atom is -0.349 e. The second kappa shape index (κ2) is 2.87. The number of hydrogen-bond donors (Lipinski definition) is 0. The van der Waals surface area contributed by atoms with Gasteiger partial charge in [0.15, 0.2) is 0 Å². The molecule has 0 aliphatic rings. The van der Waals surface area contributed by atoms with Gasteiger partial charge in [-0.2, -0.15) is 0 Å². The van der Waals surface area contributed by atoms with Crippen LogP contribution in [0.25, 0.3) is 10.9 Å². The molecule has 2 rings (SSSR count). The molecule has 0 radical (unpaired) electrons. The zero-order chi connectivity index (χ0) is 9.42. The molecule has 0 unspecified atom stereocenters. The van der Waals surface area contributed by atoms with E-state index in [1.165, 1.54) is 16.6 Å². The van der Waals surface area contributed by atoms with Crippen LogP contribution in [0.5, 0.6) is 0 Å². The van der Waals surface area contributed by atoms with Gasteiger partial charge in [-0.05, 0) is 18.1 Å². The van der Waals surface area contributed by atoms with Crippen LogP contribution in [-0.2, 0) is 7.05 Å². The van der Waals surface area contributed by atoms with Crippen molar-refractivity contribution in [1.82, 2.24) is 9.55 Å². The molecule has 0 N–H and O–H groups in total. The molecule has 2 nitrogen and oxygen atoms in total. The van der Waals surface area contributed by atoms with Crippen molar-refractivity contribution in [2.45, 2.75) is 19.8 Å². The first-order chi connectivity index (χ1) is 6.18. The van der Waals surface area contributed by atoms with Crippen molar-refractivity contribution < 1.29 is 0 Å². The maximum atomic E-state index is 4.42. The van der Waals surface area contributed by atoms with Gasteiger partial charge >= 0.3 is 0 Å². The quantitative estimate of drug-likeness (QED) is 0.650. The Kier molecular flexibility index (Phi) is 1.83. The van der Waals surface area contributed by atoms with E-state index in [1.807, 2.05) is 13.2 Å². The molecule has 0 saturated heterocycles. The van der Waals surface area contributed by atoms with Gasteiger partial charge < -0.3 is 4.57 Å². The van der Waals surface area contributed by atoms with E-state index in [-0.39, 0.29) is 0 Å². The Morgan fingerprint density at radius 2 is 2.15 bits per heavy atom. The van der Waals surface area contributed by atoms with Crippen LogP contribution in [0, 0.1) is 0 Å². The van der Waals surface area contributed by atoms with Gasteiger partial charge in [0.05, 0.1) is 11.7 Å². The largest absolute Gasteiger partial charge is 0.349 e. The molecule has 0 bridgehead atoms. The summed E-state index contributed by atoms with van der Waals surface area (Å²) in [7, 11) is 2.04. The number of rotatable bonds is 1. The smallest absolute Gasteiger partial charge is 0.0664 e. The zero-order valence-corrected chi connectivity index (χ0v) is 8.28. The van der Waals surface area contributed by atoms with E-state index < -0.39 is 0 Å². The third kappa shape index (κ3) is 1.32. The van der Waals surface area contributed by atoms with Crippen molar-refractivity contribution in [2.75, 3.05) is 0 Å². The monoisotopic (exact) mass is 174 g/mol. The highest BCUT2D eigenvalue weighted by Gasteiger charge is 2.03. The number of fused-ring (bicyclic) bond motifs is 1. The summed E-state index contributed by atoms with van der Waals surface area (Å²) in [5.74, 6) is 0.504. The predicted molar refractivity (Wildman–Crippen MR) is 54.8 cm³/mol. The Balaban J connectivity index is 2.63. The Bertz CT molecular complexity index is 427. The summed E-state index contributed by atoms with van der Waals surface area (Å²) >= 11 is 0. The van der Waals surface area contributed by atoms with E-state index in [1.54, 1.807) is 0 Å². The number of aromatic nitrogens is 2. The summed E-state index contributed by atoms with van der Waals surface area (Å²) < 4.78 is 2.09. The van der Waals surface area contributed by atoms with Crippen LogP contribution in [-0.4, -0.2) is 9.55 Å². The maximum absolute atomic E-state index is 4.42. The highest BCUT2D eigenvalue weighted by molar-refractivity contribution is 5.79. The van der Waals surface area contributed by atoms with E-state index in [0.29, 0.717) is 5.92 Å². The van der Waals surface area contributed by atoms with Crippen molar-refractivity contribution in [3.8, 4) is 0 Å². The molecule has 2 aromatic heterocycles. The van der Waals surface area contributed by atoms with Crippen molar-refractivity contribution in [1.29, 1.82) is 0 Å². The number of hydrogen-bond acceptors (Lipinski definition) is 1. The first kappa shape index (κ1) is 8.30. The summed E-state index contributed by atoms with van der Waals surface area (Å²) in [6, 6.07) is 4.29. The molecule has 0 aliphatic carbocycles. The van der Waals surface area contributed by atoms with Gasteiger partial charge in [-0.1, -0.05) is 13.8 Å². The fourth-order valence-electron chi connectivity index (χ4n) is 1.50.